The fraction of sp³-hybridized carbons (Fsp3) is 0.500. The van der Waals surface area contributed by atoms with Crippen LogP contribution in [0.5, 0.6) is 0 Å². The lowest BCUT2D eigenvalue weighted by Gasteiger charge is -2.40. The van der Waals surface area contributed by atoms with Gasteiger partial charge in [0.05, 0.1) is 5.02 Å². The molecule has 1 aliphatic carbocycles. The van der Waals surface area contributed by atoms with Crippen LogP contribution in [0.15, 0.2) is 18.2 Å². The molecule has 2 nitrogen and oxygen atoms in total. The first-order valence-electron chi connectivity index (χ1n) is 6.17. The second-order valence-corrected chi connectivity index (χ2v) is 5.66. The molecule has 1 fully saturated rings. The summed E-state index contributed by atoms with van der Waals surface area (Å²) in [6.07, 6.45) is 1.80. The molecule has 0 aromatic heterocycles. The van der Waals surface area contributed by atoms with E-state index < -0.39 is 0 Å². The normalized spacial score (nSPS) is 28.7. The maximum atomic E-state index is 12.1. The highest BCUT2D eigenvalue weighted by Crippen LogP contribution is 2.42. The minimum Gasteiger partial charge on any atom is -0.306 e. The molecule has 1 aromatic carbocycles. The molecule has 2 atom stereocenters. The van der Waals surface area contributed by atoms with Gasteiger partial charge in [0.15, 0.2) is 5.78 Å². The van der Waals surface area contributed by atoms with Gasteiger partial charge in [-0.05, 0) is 37.6 Å². The molecule has 0 radical (unpaired) electrons. The summed E-state index contributed by atoms with van der Waals surface area (Å²) in [7, 11) is 2.15. The Morgan fingerprint density at radius 2 is 2.24 bits per heavy atom. The van der Waals surface area contributed by atoms with Crippen molar-refractivity contribution in [1.82, 2.24) is 4.90 Å². The first-order chi connectivity index (χ1) is 8.16. The van der Waals surface area contributed by atoms with Gasteiger partial charge in [-0.2, -0.15) is 0 Å². The maximum Gasteiger partial charge on any atom is 0.164 e. The number of hydrogen-bond acceptors (Lipinski definition) is 2. The molecular formula is C14H16ClNO. The maximum absolute atomic E-state index is 12.1. The van der Waals surface area contributed by atoms with Crippen molar-refractivity contribution in [3.63, 3.8) is 0 Å². The van der Waals surface area contributed by atoms with Crippen LogP contribution in [0.1, 0.15) is 34.7 Å². The van der Waals surface area contributed by atoms with Gasteiger partial charge >= 0.3 is 0 Å². The third-order valence-corrected chi connectivity index (χ3v) is 4.45. The summed E-state index contributed by atoms with van der Waals surface area (Å²) in [6.45, 7) is 2.15. The predicted molar refractivity (Wildman–Crippen MR) is 68.7 cm³/mol. The highest BCUT2D eigenvalue weighted by molar-refractivity contribution is 6.34. The van der Waals surface area contributed by atoms with Gasteiger partial charge in [0, 0.05) is 24.4 Å². The lowest BCUT2D eigenvalue weighted by Crippen LogP contribution is -2.40. The molecule has 3 rings (SSSR count). The molecule has 0 amide bonds. The van der Waals surface area contributed by atoms with Crippen molar-refractivity contribution < 1.29 is 4.79 Å². The van der Waals surface area contributed by atoms with E-state index in [2.05, 4.69) is 18.0 Å². The number of Topliss-reactive ketones (excluding diaryl/α,β-unsaturated/α-hetero) is 1. The van der Waals surface area contributed by atoms with Gasteiger partial charge < -0.3 is 4.90 Å². The summed E-state index contributed by atoms with van der Waals surface area (Å²) in [4.78, 5) is 14.5. The van der Waals surface area contributed by atoms with Gasteiger partial charge in [0.1, 0.15) is 0 Å². The van der Waals surface area contributed by atoms with Crippen LogP contribution < -0.4 is 0 Å². The van der Waals surface area contributed by atoms with E-state index in [1.165, 1.54) is 5.56 Å². The van der Waals surface area contributed by atoms with E-state index in [1.54, 1.807) is 0 Å². The Balaban J connectivity index is 2.08. The molecule has 1 aromatic rings. The van der Waals surface area contributed by atoms with Crippen molar-refractivity contribution in [1.29, 1.82) is 0 Å². The average molecular weight is 250 g/mol. The molecule has 0 unspecified atom stereocenters. The number of nitrogens with zero attached hydrogens (tertiary/aromatic N) is 1. The van der Waals surface area contributed by atoms with Gasteiger partial charge in [0.25, 0.3) is 0 Å². The topological polar surface area (TPSA) is 20.3 Å². The number of likely N-dealkylation sites (N-methyl/N-ethyl adjacent to an activating group) is 1. The number of fused-ring (bicyclic) bond motifs is 3. The van der Waals surface area contributed by atoms with Crippen molar-refractivity contribution in [3.8, 4) is 0 Å². The summed E-state index contributed by atoms with van der Waals surface area (Å²) in [5.74, 6) is 1.24. The molecule has 2 aliphatic rings. The van der Waals surface area contributed by atoms with Crippen LogP contribution in [-0.2, 0) is 0 Å². The van der Waals surface area contributed by atoms with Crippen LogP contribution in [0.4, 0.5) is 0 Å². The number of rotatable bonds is 0. The second kappa shape index (κ2) is 4.11. The summed E-state index contributed by atoms with van der Waals surface area (Å²) in [5.41, 5.74) is 1.95. The van der Waals surface area contributed by atoms with Crippen LogP contribution in [-0.4, -0.2) is 30.8 Å². The highest BCUT2D eigenvalue weighted by atomic mass is 35.5. The molecule has 0 N–H and O–H groups in total. The van der Waals surface area contributed by atoms with Crippen molar-refractivity contribution in [2.75, 3.05) is 20.1 Å². The van der Waals surface area contributed by atoms with Gasteiger partial charge in [0.2, 0.25) is 0 Å². The first-order valence-corrected chi connectivity index (χ1v) is 6.55. The summed E-state index contributed by atoms with van der Waals surface area (Å²) < 4.78 is 0. The Morgan fingerprint density at radius 1 is 1.41 bits per heavy atom. The number of carbonyl (C=O) groups is 1. The highest BCUT2D eigenvalue weighted by Gasteiger charge is 2.37. The van der Waals surface area contributed by atoms with Crippen molar-refractivity contribution >= 4 is 17.4 Å². The minimum atomic E-state index is 0.233. The van der Waals surface area contributed by atoms with Crippen LogP contribution in [0, 0.1) is 5.92 Å². The molecule has 0 saturated carbocycles. The third kappa shape index (κ3) is 1.80. The quantitative estimate of drug-likeness (QED) is 0.705. The Labute approximate surface area is 107 Å². The lowest BCUT2D eigenvalue weighted by atomic mass is 9.71. The SMILES string of the molecule is CN1CC[C@H]2CC(=O)c3c(Cl)cccc3[C@H]2C1. The zero-order chi connectivity index (χ0) is 12.0. The first kappa shape index (κ1) is 11.2. The largest absolute Gasteiger partial charge is 0.306 e. The number of benzene rings is 1. The second-order valence-electron chi connectivity index (χ2n) is 5.25. The van der Waals surface area contributed by atoms with Gasteiger partial charge in [-0.15, -0.1) is 0 Å². The van der Waals surface area contributed by atoms with Crippen LogP contribution in [0.25, 0.3) is 0 Å². The molecule has 0 spiro atoms. The van der Waals surface area contributed by atoms with E-state index in [0.717, 1.165) is 25.1 Å². The summed E-state index contributed by atoms with van der Waals surface area (Å²) >= 11 is 6.17. The molecule has 17 heavy (non-hydrogen) atoms. The molecule has 1 saturated heterocycles. The van der Waals surface area contributed by atoms with E-state index >= 15 is 0 Å². The summed E-state index contributed by atoms with van der Waals surface area (Å²) in [5, 5.41) is 0.624. The Kier molecular flexibility index (Phi) is 2.72. The van der Waals surface area contributed by atoms with Crippen LogP contribution in [0.2, 0.25) is 5.02 Å². The predicted octanol–water partition coefficient (Wildman–Crippen LogP) is 2.96. The zero-order valence-corrected chi connectivity index (χ0v) is 10.7. The number of hydrogen-bond donors (Lipinski definition) is 0. The minimum absolute atomic E-state index is 0.233. The number of carbonyl (C=O) groups excluding carboxylic acids is 1. The lowest BCUT2D eigenvalue weighted by molar-refractivity contribution is 0.0887. The monoisotopic (exact) mass is 249 g/mol. The summed E-state index contributed by atoms with van der Waals surface area (Å²) in [6, 6.07) is 5.87. The zero-order valence-electron chi connectivity index (χ0n) is 9.95. The van der Waals surface area contributed by atoms with Crippen molar-refractivity contribution in [3.05, 3.63) is 34.3 Å². The molecule has 1 aliphatic heterocycles. The standard InChI is InChI=1S/C14H16ClNO/c1-16-6-5-9-7-13(17)14-10(11(9)8-16)3-2-4-12(14)15/h2-4,9,11H,5-8H2,1H3/t9-,11-/m0/s1. The van der Waals surface area contributed by atoms with Crippen LogP contribution >= 0.6 is 11.6 Å². The van der Waals surface area contributed by atoms with Gasteiger partial charge in [-0.3, -0.25) is 4.79 Å². The smallest absolute Gasteiger partial charge is 0.164 e. The number of piperidine rings is 1. The van der Waals surface area contributed by atoms with Crippen molar-refractivity contribution in [2.45, 2.75) is 18.8 Å². The number of halogens is 1. The Hall–Kier alpha value is -0.860. The third-order valence-electron chi connectivity index (χ3n) is 4.13. The van der Waals surface area contributed by atoms with Crippen LogP contribution in [0.3, 0.4) is 0 Å². The molecule has 90 valence electrons. The fourth-order valence-electron chi connectivity index (χ4n) is 3.24. The van der Waals surface area contributed by atoms with E-state index in [9.17, 15) is 4.79 Å². The van der Waals surface area contributed by atoms with E-state index in [1.807, 2.05) is 12.1 Å². The van der Waals surface area contributed by atoms with E-state index in [4.69, 9.17) is 11.6 Å². The average Bonchev–Trinajstić information content (AvgIpc) is 2.30. The molecule has 0 bridgehead atoms. The molecule has 1 heterocycles. The number of ketones is 1. The Morgan fingerprint density at radius 3 is 3.06 bits per heavy atom. The van der Waals surface area contributed by atoms with E-state index in [0.29, 0.717) is 23.3 Å². The van der Waals surface area contributed by atoms with Gasteiger partial charge in [-0.25, -0.2) is 0 Å². The molecular weight excluding hydrogens is 234 g/mol. The van der Waals surface area contributed by atoms with Crippen molar-refractivity contribution in [2.24, 2.45) is 5.92 Å². The number of likely N-dealkylation sites (tertiary alicyclic amines) is 1. The molecule has 3 heteroatoms. The fourth-order valence-corrected chi connectivity index (χ4v) is 3.53. The van der Waals surface area contributed by atoms with E-state index in [-0.39, 0.29) is 5.78 Å². The van der Waals surface area contributed by atoms with Gasteiger partial charge in [-0.1, -0.05) is 23.7 Å². The Bertz CT molecular complexity index is 471.